The Morgan fingerprint density at radius 3 is 2.52 bits per heavy atom. The average Bonchev–Trinajstić information content (AvgIpc) is 2.60. The van der Waals surface area contributed by atoms with Gasteiger partial charge in [-0.3, -0.25) is 15.1 Å². The van der Waals surface area contributed by atoms with Crippen molar-refractivity contribution in [2.45, 2.75) is 18.4 Å². The number of guanidine groups is 1. The second kappa shape index (κ2) is 6.12. The van der Waals surface area contributed by atoms with Gasteiger partial charge >= 0.3 is 0 Å². The Hall–Kier alpha value is -3.02. The highest BCUT2D eigenvalue weighted by Gasteiger charge is 2.48. The van der Waals surface area contributed by atoms with Gasteiger partial charge in [0, 0.05) is 12.7 Å². The number of carbonyl (C=O) groups excluding carboxylic acids is 1. The molecule has 0 aromatic heterocycles. The molecule has 0 radical (unpaired) electrons. The standard InChI is InChI=1S/C19H22N4O2/c1-19(13-5-4-6-14(20)11-13)16(17(24)23(2)18(21)22-19)12-7-9-15(25-3)10-8-12/h4-11,16H,20H2,1-3H3,(H2,21,22)/t16-,19-/m1/s1. The van der Waals surface area contributed by atoms with Crippen molar-refractivity contribution in [1.29, 1.82) is 5.41 Å². The van der Waals surface area contributed by atoms with E-state index in [-0.39, 0.29) is 11.9 Å². The molecule has 1 saturated heterocycles. The fourth-order valence-electron chi connectivity index (χ4n) is 3.33. The smallest absolute Gasteiger partial charge is 0.239 e. The van der Waals surface area contributed by atoms with E-state index in [2.05, 4.69) is 5.32 Å². The van der Waals surface area contributed by atoms with Crippen LogP contribution in [0.25, 0.3) is 0 Å². The van der Waals surface area contributed by atoms with Crippen molar-refractivity contribution in [2.24, 2.45) is 0 Å². The summed E-state index contributed by atoms with van der Waals surface area (Å²) in [5.74, 6) is 0.157. The normalized spacial score (nSPS) is 23.3. The monoisotopic (exact) mass is 338 g/mol. The highest BCUT2D eigenvalue weighted by Crippen LogP contribution is 2.41. The molecule has 4 N–H and O–H groups in total. The largest absolute Gasteiger partial charge is 0.497 e. The van der Waals surface area contributed by atoms with E-state index in [9.17, 15) is 4.79 Å². The van der Waals surface area contributed by atoms with Crippen LogP contribution in [0.15, 0.2) is 48.5 Å². The number of nitrogen functional groups attached to an aromatic ring is 1. The van der Waals surface area contributed by atoms with Gasteiger partial charge in [-0.05, 0) is 42.3 Å². The second-order valence-corrected chi connectivity index (χ2v) is 6.40. The number of nitrogens with one attached hydrogen (secondary N) is 2. The number of amides is 1. The van der Waals surface area contributed by atoms with Gasteiger partial charge in [0.05, 0.1) is 18.6 Å². The number of rotatable bonds is 3. The first-order valence-electron chi connectivity index (χ1n) is 8.01. The first kappa shape index (κ1) is 16.8. The Morgan fingerprint density at radius 2 is 1.92 bits per heavy atom. The first-order chi connectivity index (χ1) is 11.9. The lowest BCUT2D eigenvalue weighted by Crippen LogP contribution is -2.62. The Bertz CT molecular complexity index is 818. The minimum absolute atomic E-state index is 0.0692. The predicted octanol–water partition coefficient (Wildman–Crippen LogP) is 2.27. The quantitative estimate of drug-likeness (QED) is 0.749. The molecule has 2 aromatic rings. The molecule has 3 rings (SSSR count). The van der Waals surface area contributed by atoms with Crippen LogP contribution in [0.2, 0.25) is 0 Å². The van der Waals surface area contributed by atoms with Crippen LogP contribution in [-0.2, 0) is 10.3 Å². The molecule has 0 bridgehead atoms. The number of hydrogen-bond acceptors (Lipinski definition) is 4. The number of benzene rings is 2. The van der Waals surface area contributed by atoms with Gasteiger partial charge in [0.1, 0.15) is 5.75 Å². The zero-order valence-corrected chi connectivity index (χ0v) is 14.5. The van der Waals surface area contributed by atoms with Gasteiger partial charge in [-0.1, -0.05) is 24.3 Å². The fraction of sp³-hybridized carbons (Fsp3) is 0.263. The van der Waals surface area contributed by atoms with Crippen molar-refractivity contribution < 1.29 is 9.53 Å². The van der Waals surface area contributed by atoms with Crippen molar-refractivity contribution in [3.63, 3.8) is 0 Å². The predicted molar refractivity (Wildman–Crippen MR) is 97.6 cm³/mol. The SMILES string of the molecule is COc1ccc([C@@H]2C(=O)N(C)C(=N)N[C@]2(C)c2cccc(N)c2)cc1. The van der Waals surface area contributed by atoms with E-state index in [0.717, 1.165) is 16.9 Å². The summed E-state index contributed by atoms with van der Waals surface area (Å²) in [6.07, 6.45) is 0. The van der Waals surface area contributed by atoms with E-state index in [1.54, 1.807) is 20.2 Å². The Balaban J connectivity index is 2.14. The number of hydrogen-bond donors (Lipinski definition) is 3. The molecule has 6 heteroatoms. The molecule has 25 heavy (non-hydrogen) atoms. The summed E-state index contributed by atoms with van der Waals surface area (Å²) >= 11 is 0. The van der Waals surface area contributed by atoms with E-state index < -0.39 is 11.5 Å². The minimum atomic E-state index is -0.787. The molecular formula is C19H22N4O2. The molecule has 0 saturated carbocycles. The van der Waals surface area contributed by atoms with Crippen molar-refractivity contribution >= 4 is 17.6 Å². The third kappa shape index (κ3) is 2.80. The van der Waals surface area contributed by atoms with Crippen LogP contribution in [-0.4, -0.2) is 30.9 Å². The van der Waals surface area contributed by atoms with Crippen molar-refractivity contribution in [3.8, 4) is 5.75 Å². The molecular weight excluding hydrogens is 316 g/mol. The molecule has 0 aliphatic carbocycles. The Morgan fingerprint density at radius 1 is 1.24 bits per heavy atom. The molecule has 1 amide bonds. The summed E-state index contributed by atoms with van der Waals surface area (Å²) in [6, 6.07) is 14.9. The van der Waals surface area contributed by atoms with Crippen LogP contribution in [0.4, 0.5) is 5.69 Å². The number of methoxy groups -OCH3 is 1. The van der Waals surface area contributed by atoms with Gasteiger partial charge in [-0.2, -0.15) is 0 Å². The summed E-state index contributed by atoms with van der Waals surface area (Å²) in [5.41, 5.74) is 7.49. The van der Waals surface area contributed by atoms with Gasteiger partial charge in [0.2, 0.25) is 5.91 Å². The summed E-state index contributed by atoms with van der Waals surface area (Å²) in [6.45, 7) is 1.93. The maximum Gasteiger partial charge on any atom is 0.239 e. The van der Waals surface area contributed by atoms with Crippen molar-refractivity contribution in [1.82, 2.24) is 10.2 Å². The van der Waals surface area contributed by atoms with E-state index in [1.807, 2.05) is 49.4 Å². The van der Waals surface area contributed by atoms with Gasteiger partial charge in [-0.15, -0.1) is 0 Å². The number of likely N-dealkylation sites (N-methyl/N-ethyl adjacent to an activating group) is 1. The zero-order valence-electron chi connectivity index (χ0n) is 14.5. The summed E-state index contributed by atoms with van der Waals surface area (Å²) < 4.78 is 5.21. The highest BCUT2D eigenvalue weighted by atomic mass is 16.5. The molecule has 130 valence electrons. The molecule has 0 spiro atoms. The van der Waals surface area contributed by atoms with Crippen LogP contribution >= 0.6 is 0 Å². The van der Waals surface area contributed by atoms with E-state index >= 15 is 0 Å². The number of nitrogens with two attached hydrogens (primary N) is 1. The van der Waals surface area contributed by atoms with E-state index in [4.69, 9.17) is 15.9 Å². The van der Waals surface area contributed by atoms with Crippen molar-refractivity contribution in [2.75, 3.05) is 19.9 Å². The van der Waals surface area contributed by atoms with Crippen molar-refractivity contribution in [3.05, 3.63) is 59.7 Å². The second-order valence-electron chi connectivity index (χ2n) is 6.40. The van der Waals surface area contributed by atoms with Crippen LogP contribution in [0.3, 0.4) is 0 Å². The van der Waals surface area contributed by atoms with E-state index in [0.29, 0.717) is 5.69 Å². The number of carbonyl (C=O) groups is 1. The topological polar surface area (TPSA) is 91.4 Å². The van der Waals surface area contributed by atoms with Gasteiger partial charge in [0.15, 0.2) is 5.96 Å². The average molecular weight is 338 g/mol. The first-order valence-corrected chi connectivity index (χ1v) is 8.01. The fourth-order valence-corrected chi connectivity index (χ4v) is 3.33. The Kier molecular flexibility index (Phi) is 4.12. The molecule has 1 aliphatic heterocycles. The number of nitrogens with zero attached hydrogens (tertiary/aromatic N) is 1. The summed E-state index contributed by atoms with van der Waals surface area (Å²) in [4.78, 5) is 14.4. The molecule has 1 fully saturated rings. The van der Waals surface area contributed by atoms with Gasteiger partial charge in [-0.25, -0.2) is 0 Å². The molecule has 1 heterocycles. The third-order valence-corrected chi connectivity index (χ3v) is 4.80. The van der Waals surface area contributed by atoms with Gasteiger partial charge < -0.3 is 15.8 Å². The summed E-state index contributed by atoms with van der Waals surface area (Å²) in [7, 11) is 3.21. The van der Waals surface area contributed by atoms with Crippen LogP contribution in [0, 0.1) is 5.41 Å². The Labute approximate surface area is 147 Å². The number of ether oxygens (including phenoxy) is 1. The van der Waals surface area contributed by atoms with Crippen LogP contribution < -0.4 is 15.8 Å². The molecule has 2 aromatic carbocycles. The van der Waals surface area contributed by atoms with Crippen LogP contribution in [0.1, 0.15) is 24.0 Å². The maximum atomic E-state index is 13.0. The summed E-state index contributed by atoms with van der Waals surface area (Å²) in [5, 5.41) is 11.3. The van der Waals surface area contributed by atoms with Crippen LogP contribution in [0.5, 0.6) is 5.75 Å². The molecule has 1 aliphatic rings. The van der Waals surface area contributed by atoms with Gasteiger partial charge in [0.25, 0.3) is 0 Å². The lowest BCUT2D eigenvalue weighted by atomic mass is 9.73. The molecule has 0 unspecified atom stereocenters. The minimum Gasteiger partial charge on any atom is -0.497 e. The number of anilines is 1. The highest BCUT2D eigenvalue weighted by molar-refractivity contribution is 6.02. The lowest BCUT2D eigenvalue weighted by Gasteiger charge is -2.46. The maximum absolute atomic E-state index is 13.0. The molecule has 6 nitrogen and oxygen atoms in total. The molecule has 2 atom stereocenters. The zero-order chi connectivity index (χ0) is 18.2. The third-order valence-electron chi connectivity index (χ3n) is 4.80. The van der Waals surface area contributed by atoms with E-state index in [1.165, 1.54) is 4.90 Å². The lowest BCUT2D eigenvalue weighted by molar-refractivity contribution is -0.131.